The van der Waals surface area contributed by atoms with Crippen LogP contribution >= 0.6 is 0 Å². The van der Waals surface area contributed by atoms with Crippen LogP contribution in [0.4, 0.5) is 60.5 Å². The highest BCUT2D eigenvalue weighted by Crippen LogP contribution is 2.44. The molecule has 23 heteroatoms. The molecule has 0 aromatic heterocycles. The van der Waals surface area contributed by atoms with Crippen molar-refractivity contribution in [3.8, 4) is 0 Å². The third-order valence-electron chi connectivity index (χ3n) is 5.65. The second-order valence-electron chi connectivity index (χ2n) is 8.38. The van der Waals surface area contributed by atoms with E-state index in [0.717, 1.165) is 0 Å². The standard InChI is InChI=1S/C18H12F6N6O10S/c19-17(20,21)7-1-11(27(31)32)15(12(2-7)28(33)34)25-9-5-41(39,40)6-10(9)26-16-13(29(35)36)3-8(18(22,23)24)4-14(16)30(37)38/h1-4,9-10,25-26H,5-6H2. The largest absolute Gasteiger partial charge is 0.416 e. The van der Waals surface area contributed by atoms with Gasteiger partial charge in [0.2, 0.25) is 0 Å². The van der Waals surface area contributed by atoms with Crippen LogP contribution in [0, 0.1) is 40.5 Å². The lowest BCUT2D eigenvalue weighted by Crippen LogP contribution is -2.38. The van der Waals surface area contributed by atoms with Crippen LogP contribution in [-0.4, -0.2) is 51.7 Å². The molecule has 0 saturated carbocycles. The molecule has 2 aromatic rings. The first-order valence-electron chi connectivity index (χ1n) is 10.4. The Hall–Kier alpha value is -4.83. The molecule has 1 aliphatic rings. The second kappa shape index (κ2) is 10.3. The predicted molar refractivity (Wildman–Crippen MR) is 123 cm³/mol. The van der Waals surface area contributed by atoms with Crippen LogP contribution in [0.15, 0.2) is 24.3 Å². The van der Waals surface area contributed by atoms with Crippen molar-refractivity contribution in [3.05, 3.63) is 75.8 Å². The van der Waals surface area contributed by atoms with Crippen molar-refractivity contribution >= 4 is 44.0 Å². The lowest BCUT2D eigenvalue weighted by atomic mass is 10.1. The molecule has 1 saturated heterocycles. The summed E-state index contributed by atoms with van der Waals surface area (Å²) >= 11 is 0. The number of anilines is 2. The Balaban J connectivity index is 2.18. The zero-order valence-corrected chi connectivity index (χ0v) is 20.2. The molecule has 2 atom stereocenters. The normalized spacial score (nSPS) is 18.5. The molecule has 3 rings (SSSR count). The Labute approximate surface area is 221 Å². The van der Waals surface area contributed by atoms with Crippen LogP contribution < -0.4 is 10.6 Å². The van der Waals surface area contributed by atoms with Crippen LogP contribution in [-0.2, 0) is 22.2 Å². The molecule has 0 amide bonds. The maximum Gasteiger partial charge on any atom is 0.416 e. The second-order valence-corrected chi connectivity index (χ2v) is 10.5. The van der Waals surface area contributed by atoms with Gasteiger partial charge in [0.05, 0.1) is 54.4 Å². The minimum Gasteiger partial charge on any atom is -0.368 e. The first kappa shape index (κ1) is 30.7. The minimum absolute atomic E-state index is 0.0766. The average Bonchev–Trinajstić information content (AvgIpc) is 3.09. The summed E-state index contributed by atoms with van der Waals surface area (Å²) in [6.07, 6.45) is -10.6. The molecule has 2 N–H and O–H groups in total. The van der Waals surface area contributed by atoms with Crippen molar-refractivity contribution in [1.29, 1.82) is 0 Å². The minimum atomic E-state index is -5.28. The number of hydrogen-bond acceptors (Lipinski definition) is 12. The molecule has 0 radical (unpaired) electrons. The number of hydrogen-bond donors (Lipinski definition) is 2. The number of benzene rings is 2. The van der Waals surface area contributed by atoms with Gasteiger partial charge in [0.15, 0.2) is 21.2 Å². The average molecular weight is 618 g/mol. The molecular weight excluding hydrogens is 606 g/mol. The summed E-state index contributed by atoms with van der Waals surface area (Å²) in [5, 5.41) is 50.1. The molecule has 1 fully saturated rings. The number of sulfone groups is 1. The number of nitro groups is 4. The van der Waals surface area contributed by atoms with E-state index in [9.17, 15) is 75.2 Å². The molecular formula is C18H12F6N6O10S. The molecule has 16 nitrogen and oxygen atoms in total. The maximum atomic E-state index is 13.2. The molecule has 0 bridgehead atoms. The van der Waals surface area contributed by atoms with Crippen LogP contribution in [0.5, 0.6) is 0 Å². The summed E-state index contributed by atoms with van der Waals surface area (Å²) < 4.78 is 104. The monoisotopic (exact) mass is 618 g/mol. The number of nitrogens with one attached hydrogen (secondary N) is 2. The van der Waals surface area contributed by atoms with Crippen LogP contribution in [0.1, 0.15) is 11.1 Å². The van der Waals surface area contributed by atoms with Crippen LogP contribution in [0.3, 0.4) is 0 Å². The molecule has 222 valence electrons. The lowest BCUT2D eigenvalue weighted by Gasteiger charge is -2.23. The van der Waals surface area contributed by atoms with E-state index >= 15 is 0 Å². The summed E-state index contributed by atoms with van der Waals surface area (Å²) in [5.41, 5.74) is -12.0. The zero-order valence-electron chi connectivity index (χ0n) is 19.4. The Kier molecular flexibility index (Phi) is 7.71. The fraction of sp³-hybridized carbons (Fsp3) is 0.333. The fourth-order valence-corrected chi connectivity index (χ4v) is 5.79. The van der Waals surface area contributed by atoms with E-state index < -0.39 is 111 Å². The van der Waals surface area contributed by atoms with Crippen molar-refractivity contribution in [3.63, 3.8) is 0 Å². The van der Waals surface area contributed by atoms with Gasteiger partial charge >= 0.3 is 12.4 Å². The highest BCUT2D eigenvalue weighted by Gasteiger charge is 2.45. The van der Waals surface area contributed by atoms with E-state index in [1.165, 1.54) is 0 Å². The third kappa shape index (κ3) is 6.50. The van der Waals surface area contributed by atoms with E-state index in [1.807, 2.05) is 0 Å². The van der Waals surface area contributed by atoms with Crippen molar-refractivity contribution < 1.29 is 54.5 Å². The number of nitrogens with zero attached hydrogens (tertiary/aromatic N) is 4. The Morgan fingerprint density at radius 3 is 1.05 bits per heavy atom. The van der Waals surface area contributed by atoms with E-state index in [0.29, 0.717) is 0 Å². The van der Waals surface area contributed by atoms with Gasteiger partial charge in [-0.1, -0.05) is 0 Å². The molecule has 0 spiro atoms. The quantitative estimate of drug-likeness (QED) is 0.242. The van der Waals surface area contributed by atoms with Gasteiger partial charge in [0.25, 0.3) is 22.7 Å². The summed E-state index contributed by atoms with van der Waals surface area (Å²) in [7, 11) is -4.24. The maximum absolute atomic E-state index is 13.2. The van der Waals surface area contributed by atoms with E-state index in [2.05, 4.69) is 10.6 Å². The lowest BCUT2D eigenvalue weighted by molar-refractivity contribution is -0.393. The highest BCUT2D eigenvalue weighted by molar-refractivity contribution is 7.91. The zero-order chi connectivity index (χ0) is 31.2. The first-order valence-corrected chi connectivity index (χ1v) is 12.3. The number of halogens is 6. The van der Waals surface area contributed by atoms with Gasteiger partial charge in [0, 0.05) is 24.3 Å². The Morgan fingerprint density at radius 1 is 0.610 bits per heavy atom. The smallest absolute Gasteiger partial charge is 0.368 e. The van der Waals surface area contributed by atoms with E-state index in [-0.39, 0.29) is 24.3 Å². The Morgan fingerprint density at radius 2 is 0.854 bits per heavy atom. The van der Waals surface area contributed by atoms with Crippen molar-refractivity contribution in [2.45, 2.75) is 24.4 Å². The SMILES string of the molecule is O=[N+]([O-])c1cc(C(F)(F)F)cc([N+](=O)[O-])c1NC1CS(=O)(=O)CC1Nc1c([N+](=O)[O-])cc(C(F)(F)F)cc1[N+](=O)[O-]. The molecule has 1 aliphatic heterocycles. The Bertz CT molecular complexity index is 1400. The van der Waals surface area contributed by atoms with Gasteiger partial charge in [-0.05, 0) is 0 Å². The van der Waals surface area contributed by atoms with E-state index in [4.69, 9.17) is 0 Å². The molecule has 0 aliphatic carbocycles. The summed E-state index contributed by atoms with van der Waals surface area (Å²) in [6.45, 7) is 0. The first-order chi connectivity index (χ1) is 18.6. The molecule has 2 unspecified atom stereocenters. The van der Waals surface area contributed by atoms with Crippen molar-refractivity contribution in [2.75, 3.05) is 22.1 Å². The van der Waals surface area contributed by atoms with Crippen LogP contribution in [0.25, 0.3) is 0 Å². The summed E-state index contributed by atoms with van der Waals surface area (Å²) in [4.78, 5) is 40.2. The highest BCUT2D eigenvalue weighted by atomic mass is 32.2. The summed E-state index contributed by atoms with van der Waals surface area (Å²) in [6, 6.07) is -3.87. The third-order valence-corrected chi connectivity index (χ3v) is 7.38. The molecule has 1 heterocycles. The van der Waals surface area contributed by atoms with Gasteiger partial charge in [-0.2, -0.15) is 26.3 Å². The van der Waals surface area contributed by atoms with Gasteiger partial charge in [-0.3, -0.25) is 40.5 Å². The van der Waals surface area contributed by atoms with Gasteiger partial charge in [-0.15, -0.1) is 0 Å². The number of rotatable bonds is 8. The van der Waals surface area contributed by atoms with Gasteiger partial charge in [0.1, 0.15) is 0 Å². The van der Waals surface area contributed by atoms with Crippen molar-refractivity contribution in [1.82, 2.24) is 0 Å². The van der Waals surface area contributed by atoms with Gasteiger partial charge < -0.3 is 10.6 Å². The van der Waals surface area contributed by atoms with Crippen molar-refractivity contribution in [2.24, 2.45) is 0 Å². The molecule has 41 heavy (non-hydrogen) atoms. The fourth-order valence-electron chi connectivity index (χ4n) is 3.93. The molecule has 2 aromatic carbocycles. The van der Waals surface area contributed by atoms with Gasteiger partial charge in [-0.25, -0.2) is 8.42 Å². The summed E-state index contributed by atoms with van der Waals surface area (Å²) in [5.74, 6) is -2.11. The number of nitro benzene ring substituents is 4. The van der Waals surface area contributed by atoms with Crippen LogP contribution in [0.2, 0.25) is 0 Å². The number of alkyl halides is 6. The topological polar surface area (TPSA) is 231 Å². The predicted octanol–water partition coefficient (Wildman–Crippen LogP) is 4.05. The van der Waals surface area contributed by atoms with E-state index in [1.54, 1.807) is 0 Å².